The lowest BCUT2D eigenvalue weighted by Gasteiger charge is -2.23. The van der Waals surface area contributed by atoms with Crippen molar-refractivity contribution in [3.8, 4) is 0 Å². The third kappa shape index (κ3) is 1.69. The third-order valence-electron chi connectivity index (χ3n) is 2.87. The van der Waals surface area contributed by atoms with Gasteiger partial charge in [0.1, 0.15) is 0 Å². The molecule has 90 valence electrons. The number of hydrogen-bond acceptors (Lipinski definition) is 4. The van der Waals surface area contributed by atoms with Crippen molar-refractivity contribution in [1.29, 1.82) is 0 Å². The Labute approximate surface area is 108 Å². The summed E-state index contributed by atoms with van der Waals surface area (Å²) in [5, 5.41) is 1.87. The van der Waals surface area contributed by atoms with Crippen molar-refractivity contribution < 1.29 is 14.3 Å². The van der Waals surface area contributed by atoms with E-state index in [2.05, 4.69) is 0 Å². The van der Waals surface area contributed by atoms with Gasteiger partial charge in [0, 0.05) is 4.90 Å². The predicted molar refractivity (Wildman–Crippen MR) is 69.7 cm³/mol. The minimum atomic E-state index is -0.717. The van der Waals surface area contributed by atoms with E-state index in [1.807, 2.05) is 36.4 Å². The van der Waals surface area contributed by atoms with Crippen molar-refractivity contribution in [1.82, 2.24) is 0 Å². The van der Waals surface area contributed by atoms with Gasteiger partial charge in [-0.2, -0.15) is 0 Å². The maximum absolute atomic E-state index is 12.0. The molecule has 0 N–H and O–H groups in total. The van der Waals surface area contributed by atoms with Crippen LogP contribution < -0.4 is 0 Å². The molecule has 0 bridgehead atoms. The summed E-state index contributed by atoms with van der Waals surface area (Å²) in [6.45, 7) is 1.43. The quantitative estimate of drug-likeness (QED) is 0.737. The van der Waals surface area contributed by atoms with Crippen LogP contribution in [0.25, 0.3) is 10.8 Å². The van der Waals surface area contributed by atoms with Crippen LogP contribution in [0.15, 0.2) is 41.3 Å². The molecule has 0 saturated carbocycles. The second kappa shape index (κ2) is 4.14. The van der Waals surface area contributed by atoms with Gasteiger partial charge in [0.2, 0.25) is 5.44 Å². The fourth-order valence-corrected chi connectivity index (χ4v) is 3.01. The Morgan fingerprint density at radius 2 is 2.00 bits per heavy atom. The molecule has 0 aromatic heterocycles. The van der Waals surface area contributed by atoms with E-state index in [0.29, 0.717) is 5.56 Å². The van der Waals surface area contributed by atoms with E-state index in [4.69, 9.17) is 4.74 Å². The van der Waals surface area contributed by atoms with Crippen molar-refractivity contribution in [2.24, 2.45) is 0 Å². The van der Waals surface area contributed by atoms with Crippen LogP contribution in [-0.2, 0) is 9.53 Å². The zero-order chi connectivity index (χ0) is 12.7. The summed E-state index contributed by atoms with van der Waals surface area (Å²) in [4.78, 5) is 24.2. The highest BCUT2D eigenvalue weighted by Gasteiger charge is 2.31. The average molecular weight is 258 g/mol. The molecule has 0 spiro atoms. The summed E-state index contributed by atoms with van der Waals surface area (Å²) < 4.78 is 5.16. The van der Waals surface area contributed by atoms with E-state index >= 15 is 0 Å². The molecule has 0 radical (unpaired) electrons. The SMILES string of the molecule is CC(=O)C1OC(=O)c2c(ccc3ccccc23)S1. The van der Waals surface area contributed by atoms with Crippen molar-refractivity contribution in [3.63, 3.8) is 0 Å². The number of esters is 1. The number of ether oxygens (including phenoxy) is 1. The first kappa shape index (κ1) is 11.3. The maximum atomic E-state index is 12.0. The summed E-state index contributed by atoms with van der Waals surface area (Å²) in [6.07, 6.45) is 0. The second-order valence-electron chi connectivity index (χ2n) is 4.13. The van der Waals surface area contributed by atoms with E-state index in [9.17, 15) is 9.59 Å². The molecule has 2 aromatic carbocycles. The fourth-order valence-electron chi connectivity index (χ4n) is 2.02. The van der Waals surface area contributed by atoms with Gasteiger partial charge in [-0.25, -0.2) is 4.79 Å². The fraction of sp³-hybridized carbons (Fsp3) is 0.143. The Bertz CT molecular complexity index is 663. The van der Waals surface area contributed by atoms with Gasteiger partial charge in [-0.15, -0.1) is 0 Å². The van der Waals surface area contributed by atoms with E-state index in [1.165, 1.54) is 18.7 Å². The number of hydrogen-bond donors (Lipinski definition) is 0. The summed E-state index contributed by atoms with van der Waals surface area (Å²) in [5.74, 6) is -0.562. The number of ketones is 1. The van der Waals surface area contributed by atoms with Gasteiger partial charge in [0.05, 0.1) is 5.56 Å². The smallest absolute Gasteiger partial charge is 0.341 e. The van der Waals surface area contributed by atoms with Gasteiger partial charge < -0.3 is 4.74 Å². The molecule has 3 rings (SSSR count). The lowest BCUT2D eigenvalue weighted by molar-refractivity contribution is -0.121. The largest absolute Gasteiger partial charge is 0.439 e. The Balaban J connectivity index is 2.21. The number of thioether (sulfide) groups is 1. The van der Waals surface area contributed by atoms with E-state index in [1.54, 1.807) is 0 Å². The normalized spacial score (nSPS) is 18.3. The molecule has 0 fully saturated rings. The van der Waals surface area contributed by atoms with Crippen molar-refractivity contribution in [3.05, 3.63) is 42.0 Å². The number of rotatable bonds is 1. The molecule has 2 aromatic rings. The third-order valence-corrected chi connectivity index (χ3v) is 4.11. The highest BCUT2D eigenvalue weighted by Crippen LogP contribution is 2.37. The molecule has 0 amide bonds. The summed E-state index contributed by atoms with van der Waals surface area (Å²) in [5.41, 5.74) is -0.151. The standard InChI is InChI=1S/C14H10O3S/c1-8(15)14-17-13(16)12-10-5-3-2-4-9(10)6-7-11(12)18-14/h2-7,14H,1H3. The molecule has 18 heavy (non-hydrogen) atoms. The van der Waals surface area contributed by atoms with Crippen LogP contribution in [-0.4, -0.2) is 17.2 Å². The molecular weight excluding hydrogens is 248 g/mol. The summed E-state index contributed by atoms with van der Waals surface area (Å²) >= 11 is 1.29. The van der Waals surface area contributed by atoms with Crippen LogP contribution in [0.1, 0.15) is 17.3 Å². The number of Topliss-reactive ketones (excluding diaryl/α,β-unsaturated/α-hetero) is 1. The minimum Gasteiger partial charge on any atom is -0.439 e. The molecule has 4 heteroatoms. The molecule has 1 heterocycles. The Morgan fingerprint density at radius 1 is 1.22 bits per heavy atom. The van der Waals surface area contributed by atoms with Crippen LogP contribution in [0.2, 0.25) is 0 Å². The van der Waals surface area contributed by atoms with Crippen LogP contribution in [0.3, 0.4) is 0 Å². The number of cyclic esters (lactones) is 1. The molecule has 1 unspecified atom stereocenters. The van der Waals surface area contributed by atoms with Gasteiger partial charge in [0.25, 0.3) is 0 Å². The Morgan fingerprint density at radius 3 is 2.78 bits per heavy atom. The van der Waals surface area contributed by atoms with Crippen LogP contribution in [0.5, 0.6) is 0 Å². The maximum Gasteiger partial charge on any atom is 0.341 e. The van der Waals surface area contributed by atoms with Crippen molar-refractivity contribution >= 4 is 34.3 Å². The van der Waals surface area contributed by atoms with E-state index < -0.39 is 11.4 Å². The highest BCUT2D eigenvalue weighted by atomic mass is 32.2. The topological polar surface area (TPSA) is 43.4 Å². The van der Waals surface area contributed by atoms with Gasteiger partial charge in [0.15, 0.2) is 5.78 Å². The molecule has 1 aliphatic heterocycles. The molecule has 3 nitrogen and oxygen atoms in total. The first-order valence-corrected chi connectivity index (χ1v) is 6.44. The summed E-state index contributed by atoms with van der Waals surface area (Å²) in [6, 6.07) is 11.5. The summed E-state index contributed by atoms with van der Waals surface area (Å²) in [7, 11) is 0. The van der Waals surface area contributed by atoms with E-state index in [0.717, 1.165) is 15.7 Å². The zero-order valence-corrected chi connectivity index (χ0v) is 10.5. The molecule has 0 saturated heterocycles. The monoisotopic (exact) mass is 258 g/mol. The molecule has 1 aliphatic rings. The number of benzene rings is 2. The lowest BCUT2D eigenvalue weighted by Crippen LogP contribution is -2.26. The highest BCUT2D eigenvalue weighted by molar-refractivity contribution is 8.00. The van der Waals surface area contributed by atoms with Crippen LogP contribution in [0.4, 0.5) is 0 Å². The number of carbonyl (C=O) groups excluding carboxylic acids is 2. The van der Waals surface area contributed by atoms with Crippen LogP contribution >= 0.6 is 11.8 Å². The minimum absolute atomic E-state index is 0.146. The number of fused-ring (bicyclic) bond motifs is 3. The second-order valence-corrected chi connectivity index (χ2v) is 5.23. The molecular formula is C14H10O3S. The first-order valence-electron chi connectivity index (χ1n) is 5.56. The molecule has 1 atom stereocenters. The lowest BCUT2D eigenvalue weighted by atomic mass is 10.0. The average Bonchev–Trinajstić information content (AvgIpc) is 2.37. The van der Waals surface area contributed by atoms with Crippen LogP contribution in [0, 0.1) is 0 Å². The van der Waals surface area contributed by atoms with Crippen molar-refractivity contribution in [2.45, 2.75) is 17.3 Å². The predicted octanol–water partition coefficient (Wildman–Crippen LogP) is 3.02. The van der Waals surface area contributed by atoms with Gasteiger partial charge in [-0.05, 0) is 23.8 Å². The first-order chi connectivity index (χ1) is 8.66. The zero-order valence-electron chi connectivity index (χ0n) is 9.67. The van der Waals surface area contributed by atoms with Gasteiger partial charge >= 0.3 is 5.97 Å². The Kier molecular flexibility index (Phi) is 2.59. The number of carbonyl (C=O) groups is 2. The van der Waals surface area contributed by atoms with Gasteiger partial charge in [-0.3, -0.25) is 4.79 Å². The van der Waals surface area contributed by atoms with Gasteiger partial charge in [-0.1, -0.05) is 42.1 Å². The molecule has 0 aliphatic carbocycles. The van der Waals surface area contributed by atoms with E-state index in [-0.39, 0.29) is 5.78 Å². The Hall–Kier alpha value is -1.81. The van der Waals surface area contributed by atoms with Crippen molar-refractivity contribution in [2.75, 3.05) is 0 Å².